The van der Waals surface area contributed by atoms with Gasteiger partial charge in [-0.15, -0.1) is 0 Å². The third kappa shape index (κ3) is 4.29. The van der Waals surface area contributed by atoms with E-state index in [-0.39, 0.29) is 35.5 Å². The molecule has 0 atom stereocenters. The topological polar surface area (TPSA) is 127 Å². The molecule has 0 spiro atoms. The Kier molecular flexibility index (Phi) is 5.58. The summed E-state index contributed by atoms with van der Waals surface area (Å²) in [4.78, 5) is 9.94. The number of benzene rings is 1. The van der Waals surface area contributed by atoms with Crippen molar-refractivity contribution in [3.05, 3.63) is 34.4 Å². The first-order chi connectivity index (χ1) is 11.2. The fourth-order valence-corrected chi connectivity index (χ4v) is 4.91. The highest BCUT2D eigenvalue weighted by atomic mass is 32.2. The zero-order valence-electron chi connectivity index (χ0n) is 13.1. The molecule has 0 aromatic heterocycles. The second kappa shape index (κ2) is 7.13. The average molecular weight is 377 g/mol. The van der Waals surface area contributed by atoms with Crippen molar-refractivity contribution in [3.63, 3.8) is 0 Å². The Labute approximate surface area is 140 Å². The summed E-state index contributed by atoms with van der Waals surface area (Å²) in [5.41, 5.74) is -0.188. The van der Waals surface area contributed by atoms with Crippen LogP contribution in [0.25, 0.3) is 0 Å². The van der Waals surface area contributed by atoms with Gasteiger partial charge in [-0.3, -0.25) is 10.1 Å². The highest BCUT2D eigenvalue weighted by molar-refractivity contribution is 7.89. The Morgan fingerprint density at radius 2 is 1.71 bits per heavy atom. The summed E-state index contributed by atoms with van der Waals surface area (Å²) < 4.78 is 52.1. The molecule has 1 saturated heterocycles. The van der Waals surface area contributed by atoms with Gasteiger partial charge in [0.15, 0.2) is 0 Å². The Morgan fingerprint density at radius 1 is 1.17 bits per heavy atom. The van der Waals surface area contributed by atoms with Crippen LogP contribution >= 0.6 is 0 Å². The largest absolute Gasteiger partial charge is 0.269 e. The molecule has 0 unspecified atom stereocenters. The van der Waals surface area contributed by atoms with E-state index in [0.717, 1.165) is 12.1 Å². The van der Waals surface area contributed by atoms with E-state index >= 15 is 0 Å². The summed E-state index contributed by atoms with van der Waals surface area (Å²) >= 11 is 0. The van der Waals surface area contributed by atoms with E-state index in [0.29, 0.717) is 12.8 Å². The summed E-state index contributed by atoms with van der Waals surface area (Å²) in [5.74, 6) is 0.0200. The molecule has 2 rings (SSSR count). The first-order valence-corrected chi connectivity index (χ1v) is 10.5. The highest BCUT2D eigenvalue weighted by Gasteiger charge is 2.29. The first-order valence-electron chi connectivity index (χ1n) is 7.40. The molecule has 0 bridgehead atoms. The number of nitrogens with zero attached hydrogens (tertiary/aromatic N) is 2. The van der Waals surface area contributed by atoms with Crippen LogP contribution in [0.3, 0.4) is 0 Å². The van der Waals surface area contributed by atoms with Gasteiger partial charge in [-0.2, -0.15) is 0 Å². The predicted octanol–water partition coefficient (Wildman–Crippen LogP) is 0.687. The molecule has 1 heterocycles. The van der Waals surface area contributed by atoms with Crippen molar-refractivity contribution in [1.82, 2.24) is 9.03 Å². The van der Waals surface area contributed by atoms with Crippen LogP contribution in [0.5, 0.6) is 0 Å². The van der Waals surface area contributed by atoms with Crippen molar-refractivity contribution in [1.29, 1.82) is 0 Å². The number of hydrogen-bond acceptors (Lipinski definition) is 6. The van der Waals surface area contributed by atoms with E-state index in [1.54, 1.807) is 6.92 Å². The van der Waals surface area contributed by atoms with Crippen LogP contribution in [0.4, 0.5) is 5.69 Å². The number of nitro benzene ring substituents is 1. The van der Waals surface area contributed by atoms with Crippen LogP contribution in [0, 0.1) is 10.1 Å². The van der Waals surface area contributed by atoms with Gasteiger partial charge in [0.2, 0.25) is 20.0 Å². The van der Waals surface area contributed by atoms with Gasteiger partial charge in [0.05, 0.1) is 15.6 Å². The molecule has 1 aliphatic rings. The maximum absolute atomic E-state index is 12.3. The van der Waals surface area contributed by atoms with Gasteiger partial charge in [0.1, 0.15) is 0 Å². The third-order valence-corrected chi connectivity index (χ3v) is 7.31. The second-order valence-electron chi connectivity index (χ2n) is 5.45. The lowest BCUT2D eigenvalue weighted by atomic mass is 10.1. The number of non-ortho nitro benzene ring substituents is 1. The van der Waals surface area contributed by atoms with E-state index in [4.69, 9.17) is 0 Å². The lowest BCUT2D eigenvalue weighted by Gasteiger charge is -2.31. The Bertz CT molecular complexity index is 797. The van der Waals surface area contributed by atoms with E-state index in [2.05, 4.69) is 4.72 Å². The quantitative estimate of drug-likeness (QED) is 0.574. The molecular formula is C13H19N3O6S2. The molecule has 0 saturated carbocycles. The highest BCUT2D eigenvalue weighted by Crippen LogP contribution is 2.19. The fraction of sp³-hybridized carbons (Fsp3) is 0.538. The maximum Gasteiger partial charge on any atom is 0.269 e. The SMILES string of the molecule is CCS(=O)(=O)N1CCC(NS(=O)(=O)c2ccc([N+](=O)[O-])cc2)CC1. The van der Waals surface area contributed by atoms with Crippen LogP contribution in [0.1, 0.15) is 19.8 Å². The van der Waals surface area contributed by atoms with E-state index in [1.165, 1.54) is 16.4 Å². The number of rotatable bonds is 6. The van der Waals surface area contributed by atoms with Gasteiger partial charge in [-0.1, -0.05) is 0 Å². The van der Waals surface area contributed by atoms with Crippen LogP contribution in [0.2, 0.25) is 0 Å². The lowest BCUT2D eigenvalue weighted by Crippen LogP contribution is -2.46. The van der Waals surface area contributed by atoms with Gasteiger partial charge in [0, 0.05) is 31.3 Å². The summed E-state index contributed by atoms with van der Waals surface area (Å²) in [6.07, 6.45) is 0.761. The Morgan fingerprint density at radius 3 is 2.17 bits per heavy atom. The van der Waals surface area contributed by atoms with Crippen molar-refractivity contribution in [2.45, 2.75) is 30.7 Å². The molecule has 134 valence electrons. The molecule has 1 fully saturated rings. The van der Waals surface area contributed by atoms with Crippen molar-refractivity contribution >= 4 is 25.7 Å². The summed E-state index contributed by atoms with van der Waals surface area (Å²) in [5, 5.41) is 10.6. The molecule has 0 aliphatic carbocycles. The summed E-state index contributed by atoms with van der Waals surface area (Å²) in [6.45, 7) is 2.10. The van der Waals surface area contributed by atoms with E-state index in [9.17, 15) is 26.9 Å². The smallest absolute Gasteiger partial charge is 0.258 e. The standard InChI is InChI=1S/C13H19N3O6S2/c1-2-23(19,20)15-9-7-11(8-10-15)14-24(21,22)13-5-3-12(4-6-13)16(17)18/h3-6,11,14H,2,7-10H2,1H3. The minimum atomic E-state index is -3.80. The van der Waals surface area contributed by atoms with Crippen molar-refractivity contribution in [3.8, 4) is 0 Å². The van der Waals surface area contributed by atoms with Gasteiger partial charge in [0.25, 0.3) is 5.69 Å². The molecule has 1 aliphatic heterocycles. The molecule has 9 nitrogen and oxygen atoms in total. The van der Waals surface area contributed by atoms with Gasteiger partial charge >= 0.3 is 0 Å². The number of piperidine rings is 1. The summed E-state index contributed by atoms with van der Waals surface area (Å²) in [6, 6.07) is 4.25. The number of hydrogen-bond donors (Lipinski definition) is 1. The number of sulfonamides is 2. The van der Waals surface area contributed by atoms with Gasteiger partial charge in [-0.25, -0.2) is 25.9 Å². The minimum absolute atomic E-state index is 0.0200. The third-order valence-electron chi connectivity index (χ3n) is 3.89. The zero-order valence-corrected chi connectivity index (χ0v) is 14.7. The molecule has 24 heavy (non-hydrogen) atoms. The summed E-state index contributed by atoms with van der Waals surface area (Å²) in [7, 11) is -7.06. The van der Waals surface area contributed by atoms with Crippen LogP contribution in [-0.4, -0.2) is 50.9 Å². The van der Waals surface area contributed by atoms with Crippen molar-refractivity contribution < 1.29 is 21.8 Å². The normalized spacial score (nSPS) is 17.7. The monoisotopic (exact) mass is 377 g/mol. The number of nitro groups is 1. The Hall–Kier alpha value is -1.56. The van der Waals surface area contributed by atoms with Gasteiger partial charge in [-0.05, 0) is 31.9 Å². The van der Waals surface area contributed by atoms with E-state index in [1.807, 2.05) is 0 Å². The molecule has 1 aromatic rings. The first kappa shape index (κ1) is 18.8. The van der Waals surface area contributed by atoms with Crippen molar-refractivity contribution in [2.75, 3.05) is 18.8 Å². The number of nitrogens with one attached hydrogen (secondary N) is 1. The zero-order chi connectivity index (χ0) is 18.0. The minimum Gasteiger partial charge on any atom is -0.258 e. The van der Waals surface area contributed by atoms with Crippen LogP contribution in [0.15, 0.2) is 29.2 Å². The second-order valence-corrected chi connectivity index (χ2v) is 9.42. The molecular weight excluding hydrogens is 358 g/mol. The van der Waals surface area contributed by atoms with Crippen LogP contribution < -0.4 is 4.72 Å². The van der Waals surface area contributed by atoms with Gasteiger partial charge < -0.3 is 0 Å². The molecule has 0 radical (unpaired) electrons. The fourth-order valence-electron chi connectivity index (χ4n) is 2.47. The molecule has 11 heteroatoms. The maximum atomic E-state index is 12.3. The predicted molar refractivity (Wildman–Crippen MR) is 87.5 cm³/mol. The van der Waals surface area contributed by atoms with E-state index < -0.39 is 25.0 Å². The average Bonchev–Trinajstić information content (AvgIpc) is 2.55. The molecule has 1 N–H and O–H groups in total. The Balaban J connectivity index is 2.02. The molecule has 1 aromatic carbocycles. The molecule has 0 amide bonds. The van der Waals surface area contributed by atoms with Crippen molar-refractivity contribution in [2.24, 2.45) is 0 Å². The van der Waals surface area contributed by atoms with Crippen LogP contribution in [-0.2, 0) is 20.0 Å². The lowest BCUT2D eigenvalue weighted by molar-refractivity contribution is -0.384.